The van der Waals surface area contributed by atoms with Crippen molar-refractivity contribution in [3.8, 4) is 5.75 Å². The molecule has 0 aliphatic carbocycles. The monoisotopic (exact) mass is 346 g/mol. The minimum atomic E-state index is -0.353. The van der Waals surface area contributed by atoms with Gasteiger partial charge in [-0.25, -0.2) is 5.43 Å². The Bertz CT molecular complexity index is 649. The first-order chi connectivity index (χ1) is 12.0. The number of nitrogens with one attached hydrogen (secondary N) is 1. The zero-order chi connectivity index (χ0) is 18.2. The third-order valence-corrected chi connectivity index (χ3v) is 3.92. The Morgan fingerprint density at radius 1 is 1.20 bits per heavy atom. The van der Waals surface area contributed by atoms with E-state index in [0.29, 0.717) is 43.2 Å². The van der Waals surface area contributed by atoms with Crippen LogP contribution in [0.15, 0.2) is 29.4 Å². The van der Waals surface area contributed by atoms with E-state index in [9.17, 15) is 14.4 Å². The maximum absolute atomic E-state index is 12.2. The van der Waals surface area contributed by atoms with E-state index in [1.165, 1.54) is 0 Å². The molecule has 134 valence electrons. The van der Waals surface area contributed by atoms with Crippen LogP contribution in [-0.2, 0) is 9.59 Å². The van der Waals surface area contributed by atoms with Crippen molar-refractivity contribution in [3.63, 3.8) is 0 Å². The lowest BCUT2D eigenvalue weighted by Gasteiger charge is -2.32. The number of nitrogens with zero attached hydrogens (tertiary/aromatic N) is 3. The minimum absolute atomic E-state index is 0.0644. The molecule has 3 amide bonds. The van der Waals surface area contributed by atoms with Gasteiger partial charge in [-0.05, 0) is 31.2 Å². The molecular formula is C17H22N4O4. The number of rotatable bonds is 6. The fraction of sp³-hybridized carbons (Fsp3) is 0.412. The summed E-state index contributed by atoms with van der Waals surface area (Å²) in [5.41, 5.74) is 3.41. The number of carbonyl (C=O) groups excluding carboxylic acids is 3. The Balaban J connectivity index is 1.83. The van der Waals surface area contributed by atoms with Gasteiger partial charge in [0, 0.05) is 37.5 Å². The van der Waals surface area contributed by atoms with Crippen LogP contribution in [0.4, 0.5) is 0 Å². The molecule has 0 unspecified atom stereocenters. The summed E-state index contributed by atoms with van der Waals surface area (Å²) in [4.78, 5) is 38.2. The second-order valence-electron chi connectivity index (χ2n) is 5.72. The van der Waals surface area contributed by atoms with E-state index in [-0.39, 0.29) is 18.2 Å². The molecule has 0 bridgehead atoms. The lowest BCUT2D eigenvalue weighted by atomic mass is 10.2. The molecule has 1 saturated heterocycles. The normalized spacial score (nSPS) is 14.9. The lowest BCUT2D eigenvalue weighted by molar-refractivity contribution is -0.134. The summed E-state index contributed by atoms with van der Waals surface area (Å²) < 4.78 is 5.04. The fourth-order valence-electron chi connectivity index (χ4n) is 2.40. The number of hydrazone groups is 1. The van der Waals surface area contributed by atoms with Gasteiger partial charge in [-0.2, -0.15) is 5.10 Å². The van der Waals surface area contributed by atoms with Crippen molar-refractivity contribution in [2.75, 3.05) is 33.3 Å². The van der Waals surface area contributed by atoms with Crippen molar-refractivity contribution in [3.05, 3.63) is 29.8 Å². The molecular weight excluding hydrogens is 324 g/mol. The van der Waals surface area contributed by atoms with Crippen LogP contribution in [0.1, 0.15) is 23.7 Å². The number of ether oxygens (including phenoxy) is 1. The first kappa shape index (κ1) is 18.4. The summed E-state index contributed by atoms with van der Waals surface area (Å²) in [6.07, 6.45) is 0.924. The molecule has 1 N–H and O–H groups in total. The Labute approximate surface area is 146 Å². The molecule has 0 atom stereocenters. The highest BCUT2D eigenvalue weighted by Gasteiger charge is 2.20. The maximum atomic E-state index is 12.2. The number of hydrogen-bond acceptors (Lipinski definition) is 5. The number of piperazine rings is 1. The smallest absolute Gasteiger partial charge is 0.271 e. The van der Waals surface area contributed by atoms with E-state index < -0.39 is 0 Å². The van der Waals surface area contributed by atoms with Gasteiger partial charge in [-0.1, -0.05) is 0 Å². The van der Waals surface area contributed by atoms with E-state index >= 15 is 0 Å². The predicted molar refractivity (Wildman–Crippen MR) is 92.4 cm³/mol. The quantitative estimate of drug-likeness (QED) is 0.461. The molecule has 1 aliphatic heterocycles. The van der Waals surface area contributed by atoms with Crippen LogP contribution in [0.3, 0.4) is 0 Å². The molecule has 0 radical (unpaired) electrons. The highest BCUT2D eigenvalue weighted by atomic mass is 16.5. The van der Waals surface area contributed by atoms with Gasteiger partial charge in [0.05, 0.1) is 13.5 Å². The van der Waals surface area contributed by atoms with Crippen molar-refractivity contribution >= 4 is 23.9 Å². The van der Waals surface area contributed by atoms with E-state index in [0.717, 1.165) is 6.41 Å². The van der Waals surface area contributed by atoms with Gasteiger partial charge >= 0.3 is 0 Å². The number of amides is 3. The van der Waals surface area contributed by atoms with Crippen molar-refractivity contribution in [1.82, 2.24) is 15.2 Å². The Morgan fingerprint density at radius 3 is 2.40 bits per heavy atom. The summed E-state index contributed by atoms with van der Waals surface area (Å²) in [5, 5.41) is 3.98. The average Bonchev–Trinajstić information content (AvgIpc) is 2.66. The van der Waals surface area contributed by atoms with Gasteiger partial charge in [0.1, 0.15) is 5.75 Å². The van der Waals surface area contributed by atoms with Crippen LogP contribution >= 0.6 is 0 Å². The van der Waals surface area contributed by atoms with E-state index in [1.54, 1.807) is 48.1 Å². The summed E-state index contributed by atoms with van der Waals surface area (Å²) in [5.74, 6) is 0.246. The van der Waals surface area contributed by atoms with E-state index in [1.807, 2.05) is 0 Å². The summed E-state index contributed by atoms with van der Waals surface area (Å²) in [6.45, 7) is 3.80. The van der Waals surface area contributed by atoms with Crippen molar-refractivity contribution < 1.29 is 19.1 Å². The average molecular weight is 346 g/mol. The van der Waals surface area contributed by atoms with Crippen LogP contribution in [0.2, 0.25) is 0 Å². The highest BCUT2D eigenvalue weighted by molar-refractivity contribution is 6.01. The van der Waals surface area contributed by atoms with Crippen molar-refractivity contribution in [1.29, 1.82) is 0 Å². The molecule has 1 aromatic rings. The summed E-state index contributed by atoms with van der Waals surface area (Å²) >= 11 is 0. The van der Waals surface area contributed by atoms with Crippen LogP contribution in [0, 0.1) is 0 Å². The van der Waals surface area contributed by atoms with Gasteiger partial charge in [-0.15, -0.1) is 0 Å². The van der Waals surface area contributed by atoms with Gasteiger partial charge in [-0.3, -0.25) is 14.4 Å². The molecule has 0 saturated carbocycles. The van der Waals surface area contributed by atoms with Crippen LogP contribution in [0.5, 0.6) is 5.75 Å². The van der Waals surface area contributed by atoms with Crippen molar-refractivity contribution in [2.45, 2.75) is 13.3 Å². The third-order valence-electron chi connectivity index (χ3n) is 3.92. The minimum Gasteiger partial charge on any atom is -0.497 e. The number of hydrogen-bond donors (Lipinski definition) is 1. The molecule has 1 heterocycles. The molecule has 8 nitrogen and oxygen atoms in total. The zero-order valence-corrected chi connectivity index (χ0v) is 14.4. The van der Waals surface area contributed by atoms with Gasteiger partial charge < -0.3 is 14.5 Å². The molecule has 0 aromatic heterocycles. The predicted octanol–water partition coefficient (Wildman–Crippen LogP) is 0.492. The summed E-state index contributed by atoms with van der Waals surface area (Å²) in [6, 6.07) is 6.65. The van der Waals surface area contributed by atoms with E-state index in [2.05, 4.69) is 10.5 Å². The standard InChI is InChI=1S/C17H22N4O4/c1-13(11-16(23)21-9-7-20(12-22)8-10-21)18-19-17(24)14-3-5-15(25-2)6-4-14/h3-6,12H,7-11H2,1-2H3,(H,19,24)/b18-13-. The van der Waals surface area contributed by atoms with E-state index in [4.69, 9.17) is 4.74 Å². The van der Waals surface area contributed by atoms with Crippen LogP contribution in [-0.4, -0.2) is 67.0 Å². The lowest BCUT2D eigenvalue weighted by Crippen LogP contribution is -2.48. The van der Waals surface area contributed by atoms with Gasteiger partial charge in [0.25, 0.3) is 5.91 Å². The number of carbonyl (C=O) groups is 3. The SMILES string of the molecule is COc1ccc(C(=O)N/N=C(/C)CC(=O)N2CCN(C=O)CC2)cc1. The number of methoxy groups -OCH3 is 1. The molecule has 1 aromatic carbocycles. The topological polar surface area (TPSA) is 91.3 Å². The first-order valence-corrected chi connectivity index (χ1v) is 7.98. The second-order valence-corrected chi connectivity index (χ2v) is 5.72. The molecule has 1 aliphatic rings. The second kappa shape index (κ2) is 8.81. The highest BCUT2D eigenvalue weighted by Crippen LogP contribution is 2.11. The van der Waals surface area contributed by atoms with Gasteiger partial charge in [0.15, 0.2) is 0 Å². The Morgan fingerprint density at radius 2 is 1.84 bits per heavy atom. The zero-order valence-electron chi connectivity index (χ0n) is 14.4. The molecule has 0 spiro atoms. The molecule has 2 rings (SSSR count). The Hall–Kier alpha value is -2.90. The van der Waals surface area contributed by atoms with Crippen molar-refractivity contribution in [2.24, 2.45) is 5.10 Å². The molecule has 1 fully saturated rings. The van der Waals surface area contributed by atoms with Crippen LogP contribution < -0.4 is 10.2 Å². The fourth-order valence-corrected chi connectivity index (χ4v) is 2.40. The largest absolute Gasteiger partial charge is 0.497 e. The van der Waals surface area contributed by atoms with Crippen LogP contribution in [0.25, 0.3) is 0 Å². The first-order valence-electron chi connectivity index (χ1n) is 7.98. The molecule has 25 heavy (non-hydrogen) atoms. The third kappa shape index (κ3) is 5.30. The maximum Gasteiger partial charge on any atom is 0.271 e. The molecule has 8 heteroatoms. The Kier molecular flexibility index (Phi) is 6.50. The number of benzene rings is 1. The van der Waals surface area contributed by atoms with Gasteiger partial charge in [0.2, 0.25) is 12.3 Å². The summed E-state index contributed by atoms with van der Waals surface area (Å²) in [7, 11) is 1.55.